The van der Waals surface area contributed by atoms with Crippen molar-refractivity contribution in [2.24, 2.45) is 5.73 Å². The highest BCUT2D eigenvalue weighted by Crippen LogP contribution is 2.24. The van der Waals surface area contributed by atoms with Crippen LogP contribution in [0.1, 0.15) is 11.4 Å². The summed E-state index contributed by atoms with van der Waals surface area (Å²) in [4.78, 5) is 13.0. The normalized spacial score (nSPS) is 11.1. The van der Waals surface area contributed by atoms with Crippen LogP contribution in [0.2, 0.25) is 0 Å². The van der Waals surface area contributed by atoms with Crippen LogP contribution in [0, 0.1) is 0 Å². The van der Waals surface area contributed by atoms with Crippen LogP contribution in [-0.4, -0.2) is 29.8 Å². The van der Waals surface area contributed by atoms with Crippen molar-refractivity contribution in [2.45, 2.75) is 13.2 Å². The molecule has 3 aromatic heterocycles. The number of aliphatic hydroxyl groups excluding tert-OH is 1. The zero-order chi connectivity index (χ0) is 17.2. The number of pyridine rings is 1. The van der Waals surface area contributed by atoms with Gasteiger partial charge in [0.25, 0.3) is 0 Å². The summed E-state index contributed by atoms with van der Waals surface area (Å²) in [5.74, 6) is 0.558. The Balaban J connectivity index is 1.84. The number of aliphatic hydroxyl groups is 1. The maximum Gasteiger partial charge on any atom is 0.172 e. The van der Waals surface area contributed by atoms with E-state index >= 15 is 0 Å². The molecule has 3 heterocycles. The Morgan fingerprint density at radius 3 is 2.76 bits per heavy atom. The average Bonchev–Trinajstić information content (AvgIpc) is 3.11. The average molecular weight is 332 g/mol. The van der Waals surface area contributed by atoms with Gasteiger partial charge in [-0.15, -0.1) is 0 Å². The van der Waals surface area contributed by atoms with Crippen LogP contribution in [0.15, 0.2) is 55.0 Å². The Labute approximate surface area is 143 Å². The molecule has 3 N–H and O–H groups in total. The van der Waals surface area contributed by atoms with Crippen LogP contribution in [0.25, 0.3) is 28.0 Å². The van der Waals surface area contributed by atoms with Crippen molar-refractivity contribution >= 4 is 10.9 Å². The lowest BCUT2D eigenvalue weighted by atomic mass is 10.1. The molecule has 0 aliphatic heterocycles. The van der Waals surface area contributed by atoms with E-state index < -0.39 is 0 Å². The van der Waals surface area contributed by atoms with Crippen LogP contribution in [0.4, 0.5) is 0 Å². The molecule has 0 aliphatic rings. The minimum Gasteiger partial charge on any atom is -0.390 e. The largest absolute Gasteiger partial charge is 0.390 e. The summed E-state index contributed by atoms with van der Waals surface area (Å²) >= 11 is 0. The van der Waals surface area contributed by atoms with E-state index in [1.807, 2.05) is 36.4 Å². The molecule has 0 unspecified atom stereocenters. The summed E-state index contributed by atoms with van der Waals surface area (Å²) in [6.07, 6.45) is 4.92. The number of hydrogen-bond acceptors (Lipinski definition) is 6. The zero-order valence-electron chi connectivity index (χ0n) is 13.4. The Morgan fingerprint density at radius 1 is 1.00 bits per heavy atom. The molecule has 7 nitrogen and oxygen atoms in total. The van der Waals surface area contributed by atoms with Crippen molar-refractivity contribution in [3.63, 3.8) is 0 Å². The maximum atomic E-state index is 9.26. The molecule has 0 radical (unpaired) electrons. The number of hydrogen-bond donors (Lipinski definition) is 2. The van der Waals surface area contributed by atoms with Crippen molar-refractivity contribution in [3.05, 3.63) is 66.4 Å². The first kappa shape index (κ1) is 15.4. The van der Waals surface area contributed by atoms with Gasteiger partial charge in [0.1, 0.15) is 0 Å². The number of fused-ring (bicyclic) bond motifs is 1. The minimum atomic E-state index is -0.166. The minimum absolute atomic E-state index is 0.166. The summed E-state index contributed by atoms with van der Waals surface area (Å²) in [5, 5.41) is 14.6. The highest BCUT2D eigenvalue weighted by Gasteiger charge is 2.10. The van der Waals surface area contributed by atoms with Gasteiger partial charge in [0, 0.05) is 17.5 Å². The van der Waals surface area contributed by atoms with E-state index in [-0.39, 0.29) is 6.61 Å². The van der Waals surface area contributed by atoms with Crippen molar-refractivity contribution in [2.75, 3.05) is 0 Å². The molecule has 25 heavy (non-hydrogen) atoms. The van der Waals surface area contributed by atoms with Gasteiger partial charge >= 0.3 is 0 Å². The van der Waals surface area contributed by atoms with Crippen molar-refractivity contribution in [1.29, 1.82) is 0 Å². The van der Waals surface area contributed by atoms with Gasteiger partial charge in [0.2, 0.25) is 0 Å². The summed E-state index contributed by atoms with van der Waals surface area (Å²) < 4.78 is 1.71. The first-order valence-electron chi connectivity index (χ1n) is 7.85. The zero-order valence-corrected chi connectivity index (χ0v) is 13.4. The Kier molecular flexibility index (Phi) is 3.93. The van der Waals surface area contributed by atoms with Crippen LogP contribution < -0.4 is 5.73 Å². The fourth-order valence-electron chi connectivity index (χ4n) is 2.69. The highest BCUT2D eigenvalue weighted by atomic mass is 16.3. The van der Waals surface area contributed by atoms with E-state index in [0.29, 0.717) is 18.1 Å². The lowest BCUT2D eigenvalue weighted by Crippen LogP contribution is -2.03. The topological polar surface area (TPSA) is 103 Å². The molecule has 0 spiro atoms. The molecule has 4 aromatic rings. The summed E-state index contributed by atoms with van der Waals surface area (Å²) in [6, 6.07) is 11.8. The summed E-state index contributed by atoms with van der Waals surface area (Å²) in [6.45, 7) is 0.235. The first-order chi connectivity index (χ1) is 12.3. The van der Waals surface area contributed by atoms with Gasteiger partial charge in [0.05, 0.1) is 47.8 Å². The third-order valence-electron chi connectivity index (χ3n) is 3.93. The van der Waals surface area contributed by atoms with E-state index in [0.717, 1.165) is 27.9 Å². The smallest absolute Gasteiger partial charge is 0.172 e. The third-order valence-corrected chi connectivity index (χ3v) is 3.93. The van der Waals surface area contributed by atoms with Crippen LogP contribution >= 0.6 is 0 Å². The van der Waals surface area contributed by atoms with Gasteiger partial charge in [-0.3, -0.25) is 9.97 Å². The van der Waals surface area contributed by atoms with Crippen molar-refractivity contribution in [1.82, 2.24) is 24.7 Å². The van der Waals surface area contributed by atoms with Crippen LogP contribution in [0.5, 0.6) is 0 Å². The Morgan fingerprint density at radius 2 is 1.92 bits per heavy atom. The van der Waals surface area contributed by atoms with Crippen LogP contribution in [0.3, 0.4) is 0 Å². The number of rotatable bonds is 4. The Hall–Kier alpha value is -3.16. The standard InChI is InChI=1S/C18H16N6O/c19-7-14-2-1-3-16(22-14)12-4-5-13-8-21-24(17(13)6-12)18-10-20-9-15(11-25)23-18/h1-6,8-10,25H,7,11,19H2. The summed E-state index contributed by atoms with van der Waals surface area (Å²) in [7, 11) is 0. The molecule has 4 rings (SSSR count). The fraction of sp³-hybridized carbons (Fsp3) is 0.111. The summed E-state index contributed by atoms with van der Waals surface area (Å²) in [5.41, 5.74) is 9.73. The molecule has 0 bridgehead atoms. The van der Waals surface area contributed by atoms with E-state index in [9.17, 15) is 5.11 Å². The monoisotopic (exact) mass is 332 g/mol. The Bertz CT molecular complexity index is 1040. The van der Waals surface area contributed by atoms with E-state index in [1.165, 1.54) is 6.20 Å². The van der Waals surface area contributed by atoms with Gasteiger partial charge in [-0.05, 0) is 18.2 Å². The van der Waals surface area contributed by atoms with Gasteiger partial charge in [0.15, 0.2) is 5.82 Å². The molecule has 0 saturated heterocycles. The molecule has 124 valence electrons. The molecule has 7 heteroatoms. The number of benzene rings is 1. The highest BCUT2D eigenvalue weighted by molar-refractivity contribution is 5.84. The van der Waals surface area contributed by atoms with E-state index in [1.54, 1.807) is 17.1 Å². The van der Waals surface area contributed by atoms with Crippen molar-refractivity contribution < 1.29 is 5.11 Å². The molecular formula is C18H16N6O. The van der Waals surface area contributed by atoms with Crippen molar-refractivity contribution in [3.8, 4) is 17.1 Å². The van der Waals surface area contributed by atoms with Gasteiger partial charge in [-0.2, -0.15) is 5.10 Å². The van der Waals surface area contributed by atoms with Gasteiger partial charge in [-0.25, -0.2) is 9.67 Å². The molecule has 1 aromatic carbocycles. The molecule has 0 aliphatic carbocycles. The SMILES string of the molecule is NCc1cccc(-c2ccc3cnn(-c4cncc(CO)n4)c3c2)n1. The quantitative estimate of drug-likeness (QED) is 0.591. The lowest BCUT2D eigenvalue weighted by Gasteiger charge is -2.06. The second-order valence-electron chi connectivity index (χ2n) is 5.57. The third kappa shape index (κ3) is 2.86. The van der Waals surface area contributed by atoms with E-state index in [4.69, 9.17) is 5.73 Å². The maximum absolute atomic E-state index is 9.26. The predicted octanol–water partition coefficient (Wildman–Crippen LogP) is 1.83. The molecule has 0 atom stereocenters. The first-order valence-corrected chi connectivity index (χ1v) is 7.85. The molecule has 0 amide bonds. The lowest BCUT2D eigenvalue weighted by molar-refractivity contribution is 0.276. The molecular weight excluding hydrogens is 316 g/mol. The molecule has 0 saturated carbocycles. The number of aromatic nitrogens is 5. The van der Waals surface area contributed by atoms with E-state index in [2.05, 4.69) is 20.1 Å². The number of nitrogens with two attached hydrogens (primary N) is 1. The fourth-order valence-corrected chi connectivity index (χ4v) is 2.69. The van der Waals surface area contributed by atoms with Crippen LogP contribution in [-0.2, 0) is 13.2 Å². The van der Waals surface area contributed by atoms with Gasteiger partial charge in [-0.1, -0.05) is 18.2 Å². The second kappa shape index (κ2) is 6.39. The van der Waals surface area contributed by atoms with Gasteiger partial charge < -0.3 is 10.8 Å². The second-order valence-corrected chi connectivity index (χ2v) is 5.57. The predicted molar refractivity (Wildman–Crippen MR) is 93.7 cm³/mol. The molecule has 0 fully saturated rings. The number of nitrogens with zero attached hydrogens (tertiary/aromatic N) is 5.